The van der Waals surface area contributed by atoms with Gasteiger partial charge in [-0.05, 0) is 35.7 Å². The lowest BCUT2D eigenvalue weighted by Gasteiger charge is -2.02. The summed E-state index contributed by atoms with van der Waals surface area (Å²) in [5, 5.41) is 8.38. The second-order valence-corrected chi connectivity index (χ2v) is 5.21. The van der Waals surface area contributed by atoms with Crippen molar-refractivity contribution in [3.8, 4) is 5.75 Å². The molecule has 0 unspecified atom stereocenters. The molecule has 0 saturated heterocycles. The van der Waals surface area contributed by atoms with E-state index in [0.717, 1.165) is 10.1 Å². The zero-order valence-corrected chi connectivity index (χ0v) is 11.1. The third kappa shape index (κ3) is 2.28. The molecule has 6 heteroatoms. The zero-order valence-electron chi connectivity index (χ0n) is 10.3. The molecule has 2 heterocycles. The number of carbonyl (C=O) groups is 1. The van der Waals surface area contributed by atoms with E-state index >= 15 is 0 Å². The van der Waals surface area contributed by atoms with Gasteiger partial charge in [-0.2, -0.15) is 0 Å². The van der Waals surface area contributed by atoms with Gasteiger partial charge in [0.25, 0.3) is 0 Å². The smallest absolute Gasteiger partial charge is 0.346 e. The molecule has 0 spiro atoms. The highest BCUT2D eigenvalue weighted by Gasteiger charge is 2.11. The summed E-state index contributed by atoms with van der Waals surface area (Å²) in [6.45, 7) is 0. The molecule has 0 saturated carbocycles. The molecule has 0 amide bonds. The first-order chi connectivity index (χ1) is 9.63. The van der Waals surface area contributed by atoms with E-state index in [1.807, 2.05) is 12.1 Å². The Morgan fingerprint density at radius 3 is 2.85 bits per heavy atom. The number of carbonyl (C=O) groups excluding carboxylic acids is 1. The predicted octanol–water partition coefficient (Wildman–Crippen LogP) is 3.00. The van der Waals surface area contributed by atoms with Gasteiger partial charge in [0.15, 0.2) is 0 Å². The lowest BCUT2D eigenvalue weighted by Crippen LogP contribution is -2.08. The van der Waals surface area contributed by atoms with Gasteiger partial charge in [0.05, 0.1) is 16.7 Å². The number of nitrogens with one attached hydrogen (secondary N) is 1. The second-order valence-electron chi connectivity index (χ2n) is 4.13. The van der Waals surface area contributed by atoms with Crippen molar-refractivity contribution in [1.29, 1.82) is 5.41 Å². The van der Waals surface area contributed by atoms with Crippen molar-refractivity contribution in [2.45, 2.75) is 0 Å². The molecular weight excluding hydrogens is 276 g/mol. The third-order valence-corrected chi connectivity index (χ3v) is 3.86. The van der Waals surface area contributed by atoms with Gasteiger partial charge in [-0.15, -0.1) is 11.3 Å². The molecule has 0 aliphatic rings. The van der Waals surface area contributed by atoms with Crippen LogP contribution in [0, 0.1) is 5.41 Å². The summed E-state index contributed by atoms with van der Waals surface area (Å²) in [7, 11) is 0. The van der Waals surface area contributed by atoms with Crippen molar-refractivity contribution >= 4 is 33.2 Å². The first kappa shape index (κ1) is 12.4. The van der Waals surface area contributed by atoms with Crippen LogP contribution < -0.4 is 10.5 Å². The van der Waals surface area contributed by atoms with Crippen molar-refractivity contribution in [1.82, 2.24) is 0 Å². The number of furan rings is 1. The molecule has 100 valence electrons. The standard InChI is InChI=1S/C14H10N2O3S/c15-13(16)12-5-8-1-2-10(6-11(8)20-12)19-14(17)9-3-4-18-7-9/h1-7H,(H3,15,16). The Morgan fingerprint density at radius 1 is 1.30 bits per heavy atom. The Hall–Kier alpha value is -2.60. The fourth-order valence-electron chi connectivity index (χ4n) is 1.75. The first-order valence-corrected chi connectivity index (χ1v) is 6.57. The number of ether oxygens (including phenoxy) is 1. The van der Waals surface area contributed by atoms with Crippen molar-refractivity contribution < 1.29 is 13.9 Å². The van der Waals surface area contributed by atoms with Crippen LogP contribution in [0.4, 0.5) is 0 Å². The van der Waals surface area contributed by atoms with Crippen molar-refractivity contribution in [2.24, 2.45) is 5.73 Å². The lowest BCUT2D eigenvalue weighted by atomic mass is 10.2. The zero-order chi connectivity index (χ0) is 14.1. The molecule has 0 radical (unpaired) electrons. The molecule has 0 atom stereocenters. The van der Waals surface area contributed by atoms with Gasteiger partial charge in [-0.1, -0.05) is 0 Å². The van der Waals surface area contributed by atoms with Crippen LogP contribution in [0.15, 0.2) is 47.3 Å². The van der Waals surface area contributed by atoms with Crippen LogP contribution in [0.5, 0.6) is 5.75 Å². The number of nitrogens with two attached hydrogens (primary N) is 1. The lowest BCUT2D eigenvalue weighted by molar-refractivity contribution is 0.0734. The number of hydrogen-bond acceptors (Lipinski definition) is 5. The van der Waals surface area contributed by atoms with Gasteiger partial charge in [-0.3, -0.25) is 5.41 Å². The molecule has 2 aromatic heterocycles. The maximum Gasteiger partial charge on any atom is 0.346 e. The molecule has 0 fully saturated rings. The van der Waals surface area contributed by atoms with Crippen LogP contribution >= 0.6 is 11.3 Å². The molecular formula is C14H10N2O3S. The minimum absolute atomic E-state index is 0.0307. The fraction of sp³-hybridized carbons (Fsp3) is 0. The summed E-state index contributed by atoms with van der Waals surface area (Å²) in [6, 6.07) is 8.67. The van der Waals surface area contributed by atoms with E-state index in [4.69, 9.17) is 20.3 Å². The highest BCUT2D eigenvalue weighted by Crippen LogP contribution is 2.29. The highest BCUT2D eigenvalue weighted by atomic mass is 32.1. The fourth-order valence-corrected chi connectivity index (χ4v) is 2.71. The molecule has 3 rings (SSSR count). The van der Waals surface area contributed by atoms with Crippen LogP contribution in [0.3, 0.4) is 0 Å². The maximum absolute atomic E-state index is 11.8. The summed E-state index contributed by atoms with van der Waals surface area (Å²) in [5.41, 5.74) is 5.82. The third-order valence-electron chi connectivity index (χ3n) is 2.72. The number of fused-ring (bicyclic) bond motifs is 1. The monoisotopic (exact) mass is 286 g/mol. The number of rotatable bonds is 3. The number of amidine groups is 1. The minimum Gasteiger partial charge on any atom is -0.472 e. The predicted molar refractivity (Wildman–Crippen MR) is 76.5 cm³/mol. The maximum atomic E-state index is 11.8. The number of esters is 1. The molecule has 0 aliphatic carbocycles. The van der Waals surface area contributed by atoms with Crippen LogP contribution in [0.1, 0.15) is 15.2 Å². The normalized spacial score (nSPS) is 10.6. The van der Waals surface area contributed by atoms with Gasteiger partial charge in [0, 0.05) is 4.70 Å². The van der Waals surface area contributed by atoms with Gasteiger partial charge in [0.1, 0.15) is 17.8 Å². The van der Waals surface area contributed by atoms with Crippen molar-refractivity contribution in [3.63, 3.8) is 0 Å². The Kier molecular flexibility index (Phi) is 3.00. The van der Waals surface area contributed by atoms with Crippen molar-refractivity contribution in [3.05, 3.63) is 53.3 Å². The molecule has 20 heavy (non-hydrogen) atoms. The van der Waals surface area contributed by atoms with Crippen LogP contribution in [0.25, 0.3) is 10.1 Å². The molecule has 1 aromatic carbocycles. The van der Waals surface area contributed by atoms with Gasteiger partial charge >= 0.3 is 5.97 Å². The van der Waals surface area contributed by atoms with Gasteiger partial charge in [0.2, 0.25) is 0 Å². The van der Waals surface area contributed by atoms with E-state index in [1.54, 1.807) is 18.2 Å². The van der Waals surface area contributed by atoms with Gasteiger partial charge in [-0.25, -0.2) is 4.79 Å². The van der Waals surface area contributed by atoms with E-state index in [0.29, 0.717) is 16.2 Å². The topological polar surface area (TPSA) is 89.3 Å². The quantitative estimate of drug-likeness (QED) is 0.335. The Balaban J connectivity index is 1.89. The van der Waals surface area contributed by atoms with E-state index in [2.05, 4.69) is 0 Å². The number of nitrogen functional groups attached to an aromatic ring is 1. The number of hydrogen-bond donors (Lipinski definition) is 2. The average Bonchev–Trinajstić information content (AvgIpc) is 3.07. The summed E-state index contributed by atoms with van der Waals surface area (Å²) in [6.07, 6.45) is 2.75. The molecule has 0 bridgehead atoms. The first-order valence-electron chi connectivity index (χ1n) is 5.76. The highest BCUT2D eigenvalue weighted by molar-refractivity contribution is 7.20. The number of benzene rings is 1. The van der Waals surface area contributed by atoms with E-state index in [-0.39, 0.29) is 5.84 Å². The summed E-state index contributed by atoms with van der Waals surface area (Å²) in [5.74, 6) is 0.00485. The van der Waals surface area contributed by atoms with E-state index in [1.165, 1.54) is 23.9 Å². The SMILES string of the molecule is N=C(N)c1cc2ccc(OC(=O)c3ccoc3)cc2s1. The summed E-state index contributed by atoms with van der Waals surface area (Å²) < 4.78 is 11.0. The molecule has 5 nitrogen and oxygen atoms in total. The second kappa shape index (κ2) is 4.82. The van der Waals surface area contributed by atoms with Gasteiger partial charge < -0.3 is 14.9 Å². The minimum atomic E-state index is -0.471. The molecule has 3 N–H and O–H groups in total. The van der Waals surface area contributed by atoms with Crippen LogP contribution in [-0.4, -0.2) is 11.8 Å². The molecule has 3 aromatic rings. The Morgan fingerprint density at radius 2 is 2.15 bits per heavy atom. The molecule has 0 aliphatic heterocycles. The summed E-state index contributed by atoms with van der Waals surface area (Å²) in [4.78, 5) is 12.5. The average molecular weight is 286 g/mol. The van der Waals surface area contributed by atoms with E-state index in [9.17, 15) is 4.79 Å². The Bertz CT molecular complexity index is 790. The van der Waals surface area contributed by atoms with E-state index < -0.39 is 5.97 Å². The largest absolute Gasteiger partial charge is 0.472 e. The van der Waals surface area contributed by atoms with Crippen molar-refractivity contribution in [2.75, 3.05) is 0 Å². The summed E-state index contributed by atoms with van der Waals surface area (Å²) >= 11 is 1.38. The Labute approximate surface area is 118 Å². The number of thiophene rings is 1. The van der Waals surface area contributed by atoms with Crippen LogP contribution in [0.2, 0.25) is 0 Å². The van der Waals surface area contributed by atoms with Crippen LogP contribution in [-0.2, 0) is 0 Å².